The Morgan fingerprint density at radius 3 is 3.15 bits per heavy atom. The van der Waals surface area contributed by atoms with Crippen LogP contribution in [0.2, 0.25) is 0 Å². The Morgan fingerprint density at radius 2 is 2.40 bits per heavy atom. The minimum Gasteiger partial charge on any atom is -0.364 e. The topological polar surface area (TPSA) is 82.2 Å². The summed E-state index contributed by atoms with van der Waals surface area (Å²) in [6, 6.07) is 0.0699. The first kappa shape index (κ1) is 13.6. The lowest BCUT2D eigenvalue weighted by molar-refractivity contribution is -0.132. The van der Waals surface area contributed by atoms with Gasteiger partial charge in [-0.25, -0.2) is 0 Å². The van der Waals surface area contributed by atoms with Crippen molar-refractivity contribution in [3.05, 3.63) is 17.5 Å². The third kappa shape index (κ3) is 2.45. The molecule has 1 aliphatic heterocycles. The lowest BCUT2D eigenvalue weighted by Crippen LogP contribution is -2.38. The molecule has 20 heavy (non-hydrogen) atoms. The van der Waals surface area contributed by atoms with Crippen LogP contribution in [-0.4, -0.2) is 34.4 Å². The number of aryl methyl sites for hydroxylation is 1. The molecule has 3 N–H and O–H groups in total. The molecule has 1 aromatic rings. The lowest BCUT2D eigenvalue weighted by atomic mass is 9.93. The number of nitrogens with one attached hydrogen (secondary N) is 1. The third-order valence-electron chi connectivity index (χ3n) is 4.36. The molecule has 110 valence electrons. The summed E-state index contributed by atoms with van der Waals surface area (Å²) in [5, 5.41) is 7.41. The Bertz CT molecular complexity index is 499. The average Bonchev–Trinajstić information content (AvgIpc) is 3.07. The average molecular weight is 278 g/mol. The summed E-state index contributed by atoms with van der Waals surface area (Å²) in [6.45, 7) is 0.486. The van der Waals surface area contributed by atoms with Gasteiger partial charge in [-0.3, -0.25) is 9.48 Å². The molecular weight excluding hydrogens is 256 g/mol. The summed E-state index contributed by atoms with van der Waals surface area (Å²) in [5.74, 6) is -0.0114. The zero-order valence-electron chi connectivity index (χ0n) is 11.8. The number of aromatic nitrogens is 2. The number of carbonyl (C=O) groups excluding carboxylic acids is 1. The van der Waals surface area contributed by atoms with Crippen molar-refractivity contribution in [3.8, 4) is 0 Å². The molecular formula is C14H22N4O2. The first-order chi connectivity index (χ1) is 9.69. The van der Waals surface area contributed by atoms with Crippen LogP contribution in [0.1, 0.15) is 43.0 Å². The smallest absolute Gasteiger partial charge is 0.249 e. The molecule has 1 aromatic heterocycles. The van der Waals surface area contributed by atoms with Gasteiger partial charge in [0.15, 0.2) is 0 Å². The molecule has 0 saturated carbocycles. The van der Waals surface area contributed by atoms with Crippen molar-refractivity contribution in [1.29, 1.82) is 0 Å². The number of carbonyl (C=O) groups is 1. The molecule has 3 atom stereocenters. The molecule has 2 heterocycles. The Morgan fingerprint density at radius 1 is 1.55 bits per heavy atom. The van der Waals surface area contributed by atoms with E-state index in [1.807, 2.05) is 17.9 Å². The van der Waals surface area contributed by atoms with Crippen molar-refractivity contribution >= 4 is 5.91 Å². The van der Waals surface area contributed by atoms with E-state index in [-0.39, 0.29) is 24.2 Å². The first-order valence-electron chi connectivity index (χ1n) is 7.35. The van der Waals surface area contributed by atoms with Gasteiger partial charge in [0.05, 0.1) is 18.3 Å². The highest BCUT2D eigenvalue weighted by atomic mass is 16.5. The minimum absolute atomic E-state index is 0.0114. The summed E-state index contributed by atoms with van der Waals surface area (Å²) in [5.41, 5.74) is 7.96. The fourth-order valence-electron chi connectivity index (χ4n) is 3.19. The summed E-state index contributed by atoms with van der Waals surface area (Å²) in [6.07, 6.45) is 6.28. The summed E-state index contributed by atoms with van der Waals surface area (Å²) in [7, 11) is 1.95. The molecule has 6 heteroatoms. The van der Waals surface area contributed by atoms with Gasteiger partial charge in [0.1, 0.15) is 6.10 Å². The number of nitrogens with zero attached hydrogens (tertiary/aromatic N) is 2. The Hall–Kier alpha value is -1.40. The van der Waals surface area contributed by atoms with Crippen LogP contribution in [0.15, 0.2) is 6.20 Å². The van der Waals surface area contributed by atoms with Gasteiger partial charge in [-0.05, 0) is 32.1 Å². The van der Waals surface area contributed by atoms with Crippen molar-refractivity contribution in [2.75, 3.05) is 6.54 Å². The molecule has 1 fully saturated rings. The van der Waals surface area contributed by atoms with Crippen molar-refractivity contribution in [1.82, 2.24) is 15.1 Å². The summed E-state index contributed by atoms with van der Waals surface area (Å²) in [4.78, 5) is 12.3. The molecule has 1 aliphatic carbocycles. The predicted octanol–water partition coefficient (Wildman–Crippen LogP) is 0.420. The standard InChI is InChI=1S/C14H22N4O2/c1-18-12-4-2-3-11(10(12)8-16-18)17-14(19)13-6-5-9(7-15)20-13/h8-9,11,13H,2-7,15H2,1H3,(H,17,19). The molecule has 2 aliphatic rings. The Kier molecular flexibility index (Phi) is 3.76. The molecule has 1 saturated heterocycles. The number of nitrogens with two attached hydrogens (primary N) is 1. The second-order valence-electron chi connectivity index (χ2n) is 5.68. The third-order valence-corrected chi connectivity index (χ3v) is 4.36. The van der Waals surface area contributed by atoms with Crippen LogP contribution in [0.5, 0.6) is 0 Å². The number of amides is 1. The number of hydrogen-bond acceptors (Lipinski definition) is 4. The number of hydrogen-bond donors (Lipinski definition) is 2. The lowest BCUT2D eigenvalue weighted by Gasteiger charge is -2.25. The maximum Gasteiger partial charge on any atom is 0.249 e. The van der Waals surface area contributed by atoms with Crippen LogP contribution >= 0.6 is 0 Å². The molecule has 3 rings (SSSR count). The zero-order valence-corrected chi connectivity index (χ0v) is 11.8. The van der Waals surface area contributed by atoms with E-state index in [4.69, 9.17) is 10.5 Å². The predicted molar refractivity (Wildman–Crippen MR) is 74.0 cm³/mol. The Balaban J connectivity index is 1.65. The van der Waals surface area contributed by atoms with Crippen molar-refractivity contribution in [3.63, 3.8) is 0 Å². The van der Waals surface area contributed by atoms with Crippen LogP contribution < -0.4 is 11.1 Å². The van der Waals surface area contributed by atoms with E-state index in [9.17, 15) is 4.79 Å². The van der Waals surface area contributed by atoms with Gasteiger partial charge in [0, 0.05) is 24.8 Å². The maximum absolute atomic E-state index is 12.3. The highest BCUT2D eigenvalue weighted by molar-refractivity contribution is 5.81. The van der Waals surface area contributed by atoms with Crippen molar-refractivity contribution < 1.29 is 9.53 Å². The highest BCUT2D eigenvalue weighted by Crippen LogP contribution is 2.30. The van der Waals surface area contributed by atoms with Crippen molar-refractivity contribution in [2.45, 2.75) is 50.4 Å². The zero-order chi connectivity index (χ0) is 14.1. The molecule has 1 amide bonds. The van der Waals surface area contributed by atoms with Gasteiger partial charge in [0.25, 0.3) is 0 Å². The fraction of sp³-hybridized carbons (Fsp3) is 0.714. The van der Waals surface area contributed by atoms with E-state index >= 15 is 0 Å². The van der Waals surface area contributed by atoms with E-state index < -0.39 is 0 Å². The van der Waals surface area contributed by atoms with Gasteiger partial charge in [0.2, 0.25) is 5.91 Å². The van der Waals surface area contributed by atoms with Gasteiger partial charge < -0.3 is 15.8 Å². The van der Waals surface area contributed by atoms with Crippen LogP contribution in [0.25, 0.3) is 0 Å². The maximum atomic E-state index is 12.3. The van der Waals surface area contributed by atoms with Crippen LogP contribution in [0.4, 0.5) is 0 Å². The molecule has 0 spiro atoms. The van der Waals surface area contributed by atoms with Gasteiger partial charge in [-0.15, -0.1) is 0 Å². The molecule has 0 aromatic carbocycles. The normalized spacial score (nSPS) is 29.2. The van der Waals surface area contributed by atoms with Crippen LogP contribution in [-0.2, 0) is 23.0 Å². The van der Waals surface area contributed by atoms with Gasteiger partial charge >= 0.3 is 0 Å². The minimum atomic E-state index is -0.342. The first-order valence-corrected chi connectivity index (χ1v) is 7.35. The second-order valence-corrected chi connectivity index (χ2v) is 5.68. The van der Waals surface area contributed by atoms with Crippen molar-refractivity contribution in [2.24, 2.45) is 12.8 Å². The van der Waals surface area contributed by atoms with E-state index in [2.05, 4.69) is 10.4 Å². The van der Waals surface area contributed by atoms with Gasteiger partial charge in [-0.1, -0.05) is 0 Å². The second kappa shape index (κ2) is 5.54. The van der Waals surface area contributed by atoms with E-state index in [0.717, 1.165) is 37.7 Å². The number of rotatable bonds is 3. The highest BCUT2D eigenvalue weighted by Gasteiger charge is 2.32. The largest absolute Gasteiger partial charge is 0.364 e. The number of fused-ring (bicyclic) bond motifs is 1. The number of ether oxygens (including phenoxy) is 1. The SMILES string of the molecule is Cn1ncc2c1CCCC2NC(=O)C1CCC(CN)O1. The molecule has 3 unspecified atom stereocenters. The summed E-state index contributed by atoms with van der Waals surface area (Å²) >= 11 is 0. The van der Waals surface area contributed by atoms with Crippen LogP contribution in [0, 0.1) is 0 Å². The molecule has 0 bridgehead atoms. The van der Waals surface area contributed by atoms with Crippen LogP contribution in [0.3, 0.4) is 0 Å². The van der Waals surface area contributed by atoms with E-state index in [1.54, 1.807) is 0 Å². The Labute approximate surface area is 118 Å². The fourth-order valence-corrected chi connectivity index (χ4v) is 3.19. The summed E-state index contributed by atoms with van der Waals surface area (Å²) < 4.78 is 7.56. The monoisotopic (exact) mass is 278 g/mol. The molecule has 6 nitrogen and oxygen atoms in total. The van der Waals surface area contributed by atoms with E-state index in [1.165, 1.54) is 5.69 Å². The quantitative estimate of drug-likeness (QED) is 0.839. The van der Waals surface area contributed by atoms with Gasteiger partial charge in [-0.2, -0.15) is 5.10 Å². The molecule has 0 radical (unpaired) electrons. The van der Waals surface area contributed by atoms with E-state index in [0.29, 0.717) is 6.54 Å².